The third-order valence-corrected chi connectivity index (χ3v) is 5.09. The number of aliphatic carboxylic acids is 2. The van der Waals surface area contributed by atoms with E-state index in [4.69, 9.17) is 10.8 Å². The Bertz CT molecular complexity index is 903. The first kappa shape index (κ1) is 29.4. The predicted molar refractivity (Wildman–Crippen MR) is 125 cm³/mol. The number of phenols is 1. The molecule has 0 saturated carbocycles. The maximum Gasteiger partial charge on any atom is 0.326 e. The van der Waals surface area contributed by atoms with E-state index in [2.05, 4.69) is 16.0 Å². The zero-order valence-electron chi connectivity index (χ0n) is 20.0. The van der Waals surface area contributed by atoms with Crippen molar-refractivity contribution in [1.29, 1.82) is 0 Å². The molecular formula is C23H34N4O8. The van der Waals surface area contributed by atoms with Gasteiger partial charge in [-0.05, 0) is 43.4 Å². The van der Waals surface area contributed by atoms with Crippen LogP contribution in [0.5, 0.6) is 5.75 Å². The van der Waals surface area contributed by atoms with Crippen molar-refractivity contribution in [2.45, 2.75) is 70.6 Å². The van der Waals surface area contributed by atoms with E-state index in [1.807, 2.05) is 13.8 Å². The Hall–Kier alpha value is -3.67. The van der Waals surface area contributed by atoms with E-state index < -0.39 is 53.8 Å². The van der Waals surface area contributed by atoms with Crippen molar-refractivity contribution in [3.05, 3.63) is 29.8 Å². The normalized spacial score (nSPS) is 14.3. The summed E-state index contributed by atoms with van der Waals surface area (Å²) in [7, 11) is 0. The fraction of sp³-hybridized carbons (Fsp3) is 0.522. The number of phenolic OH excluding ortho intramolecular Hbond substituents is 1. The Morgan fingerprint density at radius 3 is 1.94 bits per heavy atom. The molecule has 0 aliphatic heterocycles. The number of amides is 3. The first-order valence-electron chi connectivity index (χ1n) is 11.2. The minimum Gasteiger partial charge on any atom is -0.508 e. The van der Waals surface area contributed by atoms with Crippen molar-refractivity contribution in [3.8, 4) is 5.75 Å². The Morgan fingerprint density at radius 1 is 0.857 bits per heavy atom. The van der Waals surface area contributed by atoms with Gasteiger partial charge in [0.05, 0.1) is 6.04 Å². The van der Waals surface area contributed by atoms with Gasteiger partial charge >= 0.3 is 11.9 Å². The molecule has 0 aromatic heterocycles. The molecule has 0 aliphatic carbocycles. The molecule has 4 atom stereocenters. The Labute approximate surface area is 203 Å². The van der Waals surface area contributed by atoms with Crippen molar-refractivity contribution >= 4 is 29.7 Å². The van der Waals surface area contributed by atoms with E-state index in [0.29, 0.717) is 5.56 Å². The van der Waals surface area contributed by atoms with Gasteiger partial charge in [-0.2, -0.15) is 0 Å². The maximum absolute atomic E-state index is 12.9. The lowest BCUT2D eigenvalue weighted by atomic mass is 10.0. The number of carbonyl (C=O) groups excluding carboxylic acids is 3. The highest BCUT2D eigenvalue weighted by molar-refractivity contribution is 5.94. The number of carbonyl (C=O) groups is 5. The Morgan fingerprint density at radius 2 is 1.43 bits per heavy atom. The van der Waals surface area contributed by atoms with Crippen LogP contribution in [0.4, 0.5) is 0 Å². The molecule has 1 rings (SSSR count). The minimum atomic E-state index is -1.20. The number of aromatic hydroxyl groups is 1. The lowest BCUT2D eigenvalue weighted by Gasteiger charge is -2.24. The van der Waals surface area contributed by atoms with Gasteiger partial charge in [-0.15, -0.1) is 0 Å². The highest BCUT2D eigenvalue weighted by Gasteiger charge is 2.29. The van der Waals surface area contributed by atoms with Gasteiger partial charge in [0, 0.05) is 12.8 Å². The molecule has 0 heterocycles. The summed E-state index contributed by atoms with van der Waals surface area (Å²) in [5, 5.41) is 34.9. The fourth-order valence-corrected chi connectivity index (χ4v) is 3.13. The SMILES string of the molecule is CC(C)CC(NC(=O)C(C)NC(=O)C(Cc1ccc(O)cc1)NC(=O)C(N)CCC(=O)O)C(=O)O. The van der Waals surface area contributed by atoms with E-state index >= 15 is 0 Å². The summed E-state index contributed by atoms with van der Waals surface area (Å²) in [5.41, 5.74) is 6.33. The summed E-state index contributed by atoms with van der Waals surface area (Å²) in [5.74, 6) is -4.48. The second-order valence-electron chi connectivity index (χ2n) is 8.73. The molecule has 0 fully saturated rings. The van der Waals surface area contributed by atoms with Crippen molar-refractivity contribution in [3.63, 3.8) is 0 Å². The molecule has 0 spiro atoms. The van der Waals surface area contributed by atoms with Crippen LogP contribution in [0.25, 0.3) is 0 Å². The number of rotatable bonds is 14. The molecule has 0 saturated heterocycles. The van der Waals surface area contributed by atoms with Gasteiger partial charge in [0.25, 0.3) is 0 Å². The molecule has 1 aromatic rings. The highest BCUT2D eigenvalue weighted by atomic mass is 16.4. The standard InChI is InChI=1S/C23H34N4O8/c1-12(2)10-18(23(34)35)27-20(31)13(3)25-22(33)17(11-14-4-6-15(28)7-5-14)26-21(32)16(24)8-9-19(29)30/h4-7,12-13,16-18,28H,8-11,24H2,1-3H3,(H,25,33)(H,26,32)(H,27,31)(H,29,30)(H,34,35). The second-order valence-corrected chi connectivity index (χ2v) is 8.73. The van der Waals surface area contributed by atoms with Crippen LogP contribution in [0.1, 0.15) is 45.6 Å². The molecule has 0 bridgehead atoms. The van der Waals surface area contributed by atoms with Crippen LogP contribution in [-0.2, 0) is 30.4 Å². The van der Waals surface area contributed by atoms with Crippen LogP contribution in [0.2, 0.25) is 0 Å². The quantitative estimate of drug-likeness (QED) is 0.181. The lowest BCUT2D eigenvalue weighted by molar-refractivity contribution is -0.142. The van der Waals surface area contributed by atoms with Crippen molar-refractivity contribution in [1.82, 2.24) is 16.0 Å². The van der Waals surface area contributed by atoms with Crippen LogP contribution in [-0.4, -0.2) is 69.1 Å². The third-order valence-electron chi connectivity index (χ3n) is 5.09. The maximum atomic E-state index is 12.9. The number of hydrogen-bond acceptors (Lipinski definition) is 7. The second kappa shape index (κ2) is 13.9. The zero-order chi connectivity index (χ0) is 26.7. The third kappa shape index (κ3) is 10.9. The Balaban J connectivity index is 2.93. The number of carboxylic acids is 2. The van der Waals surface area contributed by atoms with Gasteiger partial charge in [-0.3, -0.25) is 19.2 Å². The Kier molecular flexibility index (Phi) is 11.7. The summed E-state index contributed by atoms with van der Waals surface area (Å²) < 4.78 is 0. The van der Waals surface area contributed by atoms with Crippen LogP contribution >= 0.6 is 0 Å². The number of benzene rings is 1. The number of carboxylic acid groups (broad SMARTS) is 2. The van der Waals surface area contributed by atoms with Crippen LogP contribution in [0.15, 0.2) is 24.3 Å². The van der Waals surface area contributed by atoms with Gasteiger partial charge in [0.15, 0.2) is 0 Å². The molecule has 0 aliphatic rings. The summed E-state index contributed by atoms with van der Waals surface area (Å²) in [4.78, 5) is 60.1. The molecule has 194 valence electrons. The van der Waals surface area contributed by atoms with Gasteiger partial charge in [-0.25, -0.2) is 4.79 Å². The van der Waals surface area contributed by atoms with Crippen LogP contribution in [0.3, 0.4) is 0 Å². The molecule has 1 aromatic carbocycles. The average molecular weight is 495 g/mol. The van der Waals surface area contributed by atoms with Gasteiger partial charge < -0.3 is 37.0 Å². The molecule has 4 unspecified atom stereocenters. The highest BCUT2D eigenvalue weighted by Crippen LogP contribution is 2.12. The summed E-state index contributed by atoms with van der Waals surface area (Å²) in [6, 6.07) is 1.32. The molecule has 12 heteroatoms. The molecule has 0 radical (unpaired) electrons. The van der Waals surface area contributed by atoms with Crippen molar-refractivity contribution < 1.29 is 39.3 Å². The van der Waals surface area contributed by atoms with E-state index in [0.717, 1.165) is 0 Å². The topological polar surface area (TPSA) is 208 Å². The number of nitrogens with two attached hydrogens (primary N) is 1. The number of nitrogens with one attached hydrogen (secondary N) is 3. The smallest absolute Gasteiger partial charge is 0.326 e. The first-order valence-corrected chi connectivity index (χ1v) is 11.2. The molecule has 35 heavy (non-hydrogen) atoms. The van der Waals surface area contributed by atoms with Crippen molar-refractivity contribution in [2.24, 2.45) is 11.7 Å². The molecular weight excluding hydrogens is 460 g/mol. The minimum absolute atomic E-state index is 0.00848. The van der Waals surface area contributed by atoms with Gasteiger partial charge in [0.2, 0.25) is 17.7 Å². The van der Waals surface area contributed by atoms with Crippen LogP contribution in [0, 0.1) is 5.92 Å². The predicted octanol–water partition coefficient (Wildman–Crippen LogP) is -0.268. The number of hydrogen-bond donors (Lipinski definition) is 7. The fourth-order valence-electron chi connectivity index (χ4n) is 3.13. The zero-order valence-corrected chi connectivity index (χ0v) is 20.0. The average Bonchev–Trinajstić information content (AvgIpc) is 2.77. The molecule has 8 N–H and O–H groups in total. The monoisotopic (exact) mass is 494 g/mol. The van der Waals surface area contributed by atoms with Gasteiger partial charge in [-0.1, -0.05) is 26.0 Å². The van der Waals surface area contributed by atoms with E-state index in [1.54, 1.807) is 12.1 Å². The summed E-state index contributed by atoms with van der Waals surface area (Å²) in [6.07, 6.45) is -0.278. The van der Waals surface area contributed by atoms with E-state index in [-0.39, 0.29) is 37.4 Å². The lowest BCUT2D eigenvalue weighted by Crippen LogP contribution is -2.57. The van der Waals surface area contributed by atoms with Gasteiger partial charge in [0.1, 0.15) is 23.9 Å². The van der Waals surface area contributed by atoms with Crippen LogP contribution < -0.4 is 21.7 Å². The van der Waals surface area contributed by atoms with Crippen molar-refractivity contribution in [2.75, 3.05) is 0 Å². The summed E-state index contributed by atoms with van der Waals surface area (Å²) >= 11 is 0. The van der Waals surface area contributed by atoms with E-state index in [9.17, 15) is 34.2 Å². The molecule has 3 amide bonds. The molecule has 12 nitrogen and oxygen atoms in total. The van der Waals surface area contributed by atoms with E-state index in [1.165, 1.54) is 19.1 Å². The largest absolute Gasteiger partial charge is 0.508 e. The first-order chi connectivity index (χ1) is 16.3. The summed E-state index contributed by atoms with van der Waals surface area (Å²) in [6.45, 7) is 5.00.